The molecule has 3 nitrogen and oxygen atoms in total. The maximum absolute atomic E-state index is 7.33. The van der Waals surface area contributed by atoms with Crippen LogP contribution in [0.2, 0.25) is 0 Å². The van der Waals surface area contributed by atoms with Crippen molar-refractivity contribution in [2.45, 2.75) is 78.4 Å². The standard InChI is InChI=1S/C33H39N2O/c1-30(2)18-34-24-15-11-9-13-22(24)32(5,6)26(34)20-17-21-27-33(7,8)23-14-10-12-16-25(23)35(27)19-31(3,4)29(21)36-28(20)30/h9-17,28-29H,18-19H2,1-8H3/q+1. The number of anilines is 1. The van der Waals surface area contributed by atoms with Gasteiger partial charge in [-0.2, -0.15) is 4.58 Å². The van der Waals surface area contributed by atoms with Crippen LogP contribution in [0.1, 0.15) is 66.5 Å². The van der Waals surface area contributed by atoms with E-state index in [1.807, 2.05) is 0 Å². The summed E-state index contributed by atoms with van der Waals surface area (Å²) in [5.74, 6) is 0. The molecule has 0 saturated carbocycles. The molecule has 0 fully saturated rings. The van der Waals surface area contributed by atoms with Crippen LogP contribution in [-0.2, 0) is 15.6 Å². The Kier molecular flexibility index (Phi) is 4.14. The molecule has 0 saturated heterocycles. The fourth-order valence-corrected chi connectivity index (χ4v) is 8.19. The van der Waals surface area contributed by atoms with E-state index in [0.717, 1.165) is 13.1 Å². The Labute approximate surface area is 216 Å². The second kappa shape index (κ2) is 6.61. The fraction of sp³-hybridized carbons (Fsp3) is 0.485. The van der Waals surface area contributed by atoms with Gasteiger partial charge in [-0.25, -0.2) is 0 Å². The van der Waals surface area contributed by atoms with Crippen LogP contribution in [0.25, 0.3) is 0 Å². The molecule has 7 rings (SSSR count). The van der Waals surface area contributed by atoms with Crippen molar-refractivity contribution < 1.29 is 9.31 Å². The van der Waals surface area contributed by atoms with Gasteiger partial charge >= 0.3 is 0 Å². The lowest BCUT2D eigenvalue weighted by atomic mass is 9.66. The van der Waals surface area contributed by atoms with E-state index in [4.69, 9.17) is 4.74 Å². The first-order chi connectivity index (χ1) is 16.9. The Morgan fingerprint density at radius 2 is 1.44 bits per heavy atom. The van der Waals surface area contributed by atoms with Crippen molar-refractivity contribution in [3.63, 3.8) is 0 Å². The average molecular weight is 480 g/mol. The summed E-state index contributed by atoms with van der Waals surface area (Å²) < 4.78 is 9.93. The zero-order chi connectivity index (χ0) is 25.4. The van der Waals surface area contributed by atoms with E-state index in [2.05, 4.69) is 119 Å². The molecule has 0 aliphatic carbocycles. The van der Waals surface area contributed by atoms with Crippen LogP contribution in [0.15, 0.2) is 71.5 Å². The average Bonchev–Trinajstić information content (AvgIpc) is 3.17. The van der Waals surface area contributed by atoms with Gasteiger partial charge in [0.05, 0.1) is 16.9 Å². The Morgan fingerprint density at radius 1 is 0.778 bits per heavy atom. The Balaban J connectivity index is 1.52. The lowest BCUT2D eigenvalue weighted by molar-refractivity contribution is -0.466. The number of ether oxygens (including phenoxy) is 1. The number of para-hydroxylation sites is 2. The number of allylic oxidation sites excluding steroid dienone is 1. The summed E-state index contributed by atoms with van der Waals surface area (Å²) in [5, 5.41) is 0. The van der Waals surface area contributed by atoms with Crippen molar-refractivity contribution >= 4 is 17.1 Å². The lowest BCUT2D eigenvalue weighted by Gasteiger charge is -2.52. The molecular formula is C33H39N2O+. The van der Waals surface area contributed by atoms with Crippen LogP contribution in [-0.4, -0.2) is 35.6 Å². The molecular weight excluding hydrogens is 440 g/mol. The summed E-state index contributed by atoms with van der Waals surface area (Å²) in [7, 11) is 0. The Bertz CT molecular complexity index is 1430. The molecule has 2 unspecified atom stereocenters. The van der Waals surface area contributed by atoms with Crippen LogP contribution in [0.3, 0.4) is 0 Å². The van der Waals surface area contributed by atoms with Crippen molar-refractivity contribution in [1.29, 1.82) is 0 Å². The first-order valence-corrected chi connectivity index (χ1v) is 13.6. The van der Waals surface area contributed by atoms with Gasteiger partial charge in [-0.3, -0.25) is 0 Å². The minimum Gasteiger partial charge on any atom is -0.364 e. The van der Waals surface area contributed by atoms with Crippen molar-refractivity contribution in [2.24, 2.45) is 10.8 Å². The number of fused-ring (bicyclic) bond motifs is 8. The second-order valence-corrected chi connectivity index (χ2v) is 14.1. The summed E-state index contributed by atoms with van der Waals surface area (Å²) in [4.78, 5) is 2.60. The molecule has 2 aromatic carbocycles. The highest BCUT2D eigenvalue weighted by molar-refractivity contribution is 6.09. The van der Waals surface area contributed by atoms with Gasteiger partial charge < -0.3 is 9.64 Å². The predicted molar refractivity (Wildman–Crippen MR) is 147 cm³/mol. The Morgan fingerprint density at radius 3 is 2.19 bits per heavy atom. The largest absolute Gasteiger partial charge is 0.364 e. The quantitative estimate of drug-likeness (QED) is 0.382. The van der Waals surface area contributed by atoms with Crippen LogP contribution in [0.5, 0.6) is 0 Å². The zero-order valence-electron chi connectivity index (χ0n) is 23.1. The second-order valence-electron chi connectivity index (χ2n) is 14.1. The van der Waals surface area contributed by atoms with E-state index in [0.29, 0.717) is 0 Å². The van der Waals surface area contributed by atoms with Gasteiger partial charge in [-0.05, 0) is 31.6 Å². The molecule has 2 atom stereocenters. The van der Waals surface area contributed by atoms with Crippen LogP contribution in [0, 0.1) is 10.8 Å². The van der Waals surface area contributed by atoms with Crippen LogP contribution < -0.4 is 4.90 Å². The first-order valence-electron chi connectivity index (χ1n) is 13.6. The van der Waals surface area contributed by atoms with E-state index in [9.17, 15) is 0 Å². The van der Waals surface area contributed by atoms with Gasteiger partial charge in [0.2, 0.25) is 5.69 Å². The molecule has 0 aromatic heterocycles. The summed E-state index contributed by atoms with van der Waals surface area (Å²) >= 11 is 0. The topological polar surface area (TPSA) is 15.5 Å². The minimum absolute atomic E-state index is 0.000429. The first kappa shape index (κ1) is 22.5. The molecule has 0 radical (unpaired) electrons. The van der Waals surface area contributed by atoms with E-state index >= 15 is 0 Å². The Hall–Kier alpha value is -2.65. The maximum Gasteiger partial charge on any atom is 0.209 e. The van der Waals surface area contributed by atoms with Crippen LogP contribution >= 0.6 is 0 Å². The van der Waals surface area contributed by atoms with Crippen molar-refractivity contribution in [2.75, 3.05) is 18.0 Å². The monoisotopic (exact) mass is 479 g/mol. The van der Waals surface area contributed by atoms with Gasteiger partial charge in [0, 0.05) is 51.5 Å². The highest BCUT2D eigenvalue weighted by Crippen LogP contribution is 2.58. The van der Waals surface area contributed by atoms with Gasteiger partial charge in [0.1, 0.15) is 6.10 Å². The van der Waals surface area contributed by atoms with Gasteiger partial charge in [0.15, 0.2) is 12.3 Å². The third-order valence-corrected chi connectivity index (χ3v) is 9.71. The molecule has 5 heterocycles. The van der Waals surface area contributed by atoms with Crippen molar-refractivity contribution in [1.82, 2.24) is 0 Å². The molecule has 5 aliphatic heterocycles. The highest BCUT2D eigenvalue weighted by Gasteiger charge is 2.60. The number of hydrogen-bond donors (Lipinski definition) is 0. The number of hydrogen-bond acceptors (Lipinski definition) is 2. The molecule has 0 amide bonds. The molecule has 0 N–H and O–H groups in total. The van der Waals surface area contributed by atoms with Gasteiger partial charge in [-0.1, -0.05) is 77.9 Å². The van der Waals surface area contributed by atoms with E-state index < -0.39 is 0 Å². The summed E-state index contributed by atoms with van der Waals surface area (Å²) in [5.41, 5.74) is 11.1. The number of rotatable bonds is 0. The van der Waals surface area contributed by atoms with Crippen molar-refractivity contribution in [3.8, 4) is 0 Å². The summed E-state index contributed by atoms with van der Waals surface area (Å²) in [6.07, 6.45) is 2.75. The third kappa shape index (κ3) is 2.60. The molecule has 0 bridgehead atoms. The SMILES string of the molecule is CC1(C)C2=C3C=C4C5=[N+](CC(C)(C)C4OC3C(C)(C)CN2c2ccccc21)c1ccccc1C5(C)C. The van der Waals surface area contributed by atoms with Gasteiger partial charge in [0.25, 0.3) is 0 Å². The van der Waals surface area contributed by atoms with Crippen molar-refractivity contribution in [3.05, 3.63) is 82.6 Å². The van der Waals surface area contributed by atoms with Crippen LogP contribution in [0.4, 0.5) is 11.4 Å². The van der Waals surface area contributed by atoms with E-state index in [1.54, 1.807) is 0 Å². The number of nitrogens with zero attached hydrogens (tertiary/aromatic N) is 2. The third-order valence-electron chi connectivity index (χ3n) is 9.71. The molecule has 5 aliphatic rings. The summed E-state index contributed by atoms with van der Waals surface area (Å²) in [6, 6.07) is 18.0. The highest BCUT2D eigenvalue weighted by atomic mass is 16.5. The molecule has 3 heteroatoms. The van der Waals surface area contributed by atoms with Gasteiger partial charge in [-0.15, -0.1) is 0 Å². The molecule has 0 spiro atoms. The molecule has 186 valence electrons. The molecule has 2 aromatic rings. The lowest BCUT2D eigenvalue weighted by Crippen LogP contribution is -2.58. The smallest absolute Gasteiger partial charge is 0.209 e. The molecule has 36 heavy (non-hydrogen) atoms. The maximum atomic E-state index is 7.33. The number of benzene rings is 2. The zero-order valence-corrected chi connectivity index (χ0v) is 23.1. The normalized spacial score (nSPS) is 29.6. The minimum atomic E-state index is -0.0589. The summed E-state index contributed by atoms with van der Waals surface area (Å²) in [6.45, 7) is 21.1. The van der Waals surface area contributed by atoms with E-state index in [1.165, 1.54) is 45.1 Å². The predicted octanol–water partition coefficient (Wildman–Crippen LogP) is 6.89. The van der Waals surface area contributed by atoms with E-state index in [-0.39, 0.29) is 33.9 Å². The fourth-order valence-electron chi connectivity index (χ4n) is 8.19.